The third-order valence-electron chi connectivity index (χ3n) is 2.68. The largest absolute Gasteiger partial charge is 0.338 e. The van der Waals surface area contributed by atoms with E-state index in [0.717, 1.165) is 18.5 Å². The van der Waals surface area contributed by atoms with Gasteiger partial charge >= 0.3 is 6.03 Å². The lowest BCUT2D eigenvalue weighted by Crippen LogP contribution is -2.37. The molecule has 1 N–H and O–H groups in total. The zero-order valence-electron chi connectivity index (χ0n) is 11.2. The third-order valence-corrected chi connectivity index (χ3v) is 2.93. The second kappa shape index (κ2) is 7.27. The van der Waals surface area contributed by atoms with Gasteiger partial charge in [0, 0.05) is 25.2 Å². The van der Waals surface area contributed by atoms with Gasteiger partial charge in [0.15, 0.2) is 0 Å². The second-order valence-corrected chi connectivity index (χ2v) is 5.33. The first-order chi connectivity index (χ1) is 8.49. The Hall–Kier alpha value is -1.22. The molecule has 100 valence electrons. The topological polar surface area (TPSA) is 32.3 Å². The van der Waals surface area contributed by atoms with Crippen molar-refractivity contribution < 1.29 is 4.79 Å². The highest BCUT2D eigenvalue weighted by Gasteiger charge is 2.08. The molecular weight excluding hydrogens is 248 g/mol. The molecule has 0 bridgehead atoms. The highest BCUT2D eigenvalue weighted by molar-refractivity contribution is 6.30. The van der Waals surface area contributed by atoms with Crippen LogP contribution in [0.4, 0.5) is 4.79 Å². The van der Waals surface area contributed by atoms with Crippen LogP contribution in [0.2, 0.25) is 5.02 Å². The number of benzene rings is 1. The molecule has 0 radical (unpaired) electrons. The molecule has 0 spiro atoms. The van der Waals surface area contributed by atoms with Crippen LogP contribution in [0.5, 0.6) is 0 Å². The van der Waals surface area contributed by atoms with Crippen molar-refractivity contribution in [2.75, 3.05) is 13.6 Å². The number of hydrogen-bond donors (Lipinski definition) is 1. The minimum absolute atomic E-state index is 0.0365. The standard InChI is InChI=1S/C14H21ClN2O/c1-11(2)8-9-16-14(18)17(3)10-12-4-6-13(15)7-5-12/h4-7,11H,8-10H2,1-3H3,(H,16,18). The summed E-state index contributed by atoms with van der Waals surface area (Å²) in [4.78, 5) is 13.5. The molecule has 0 aliphatic carbocycles. The van der Waals surface area contributed by atoms with Gasteiger partial charge in [0.2, 0.25) is 0 Å². The highest BCUT2D eigenvalue weighted by atomic mass is 35.5. The Bertz CT molecular complexity index is 376. The van der Waals surface area contributed by atoms with Crippen LogP contribution in [0, 0.1) is 5.92 Å². The highest BCUT2D eigenvalue weighted by Crippen LogP contribution is 2.10. The molecule has 1 aromatic carbocycles. The molecule has 2 amide bonds. The number of urea groups is 1. The maximum atomic E-state index is 11.8. The number of carbonyl (C=O) groups excluding carboxylic acids is 1. The van der Waals surface area contributed by atoms with E-state index in [9.17, 15) is 4.79 Å². The van der Waals surface area contributed by atoms with E-state index in [1.165, 1.54) is 0 Å². The van der Waals surface area contributed by atoms with Crippen LogP contribution in [0.3, 0.4) is 0 Å². The number of carbonyl (C=O) groups is 1. The summed E-state index contributed by atoms with van der Waals surface area (Å²) in [5.41, 5.74) is 1.07. The summed E-state index contributed by atoms with van der Waals surface area (Å²) in [6, 6.07) is 7.49. The molecule has 0 aliphatic rings. The lowest BCUT2D eigenvalue weighted by molar-refractivity contribution is 0.206. The molecule has 0 saturated carbocycles. The van der Waals surface area contributed by atoms with Crippen LogP contribution in [0.1, 0.15) is 25.8 Å². The quantitative estimate of drug-likeness (QED) is 0.871. The monoisotopic (exact) mass is 268 g/mol. The molecule has 0 aliphatic heterocycles. The van der Waals surface area contributed by atoms with Crippen LogP contribution in [0.15, 0.2) is 24.3 Å². The summed E-state index contributed by atoms with van der Waals surface area (Å²) >= 11 is 5.82. The SMILES string of the molecule is CC(C)CCNC(=O)N(C)Cc1ccc(Cl)cc1. The van der Waals surface area contributed by atoms with Crippen molar-refractivity contribution in [2.24, 2.45) is 5.92 Å². The van der Waals surface area contributed by atoms with E-state index in [-0.39, 0.29) is 6.03 Å². The van der Waals surface area contributed by atoms with Crippen LogP contribution >= 0.6 is 11.6 Å². The summed E-state index contributed by atoms with van der Waals surface area (Å²) in [7, 11) is 1.79. The van der Waals surface area contributed by atoms with Gasteiger partial charge in [-0.15, -0.1) is 0 Å². The van der Waals surface area contributed by atoms with Crippen LogP contribution in [-0.2, 0) is 6.54 Å². The molecule has 3 nitrogen and oxygen atoms in total. The van der Waals surface area contributed by atoms with Crippen LogP contribution < -0.4 is 5.32 Å². The fourth-order valence-corrected chi connectivity index (χ4v) is 1.66. The molecule has 0 heterocycles. The van der Waals surface area contributed by atoms with E-state index in [4.69, 9.17) is 11.6 Å². The second-order valence-electron chi connectivity index (χ2n) is 4.90. The van der Waals surface area contributed by atoms with E-state index in [2.05, 4.69) is 19.2 Å². The normalized spacial score (nSPS) is 10.5. The van der Waals surface area contributed by atoms with E-state index in [1.807, 2.05) is 24.3 Å². The summed E-state index contributed by atoms with van der Waals surface area (Å²) in [6.45, 7) is 5.60. The average molecular weight is 269 g/mol. The van der Waals surface area contributed by atoms with Gasteiger partial charge in [0.1, 0.15) is 0 Å². The first-order valence-electron chi connectivity index (χ1n) is 6.22. The number of amides is 2. The fraction of sp³-hybridized carbons (Fsp3) is 0.500. The predicted octanol–water partition coefficient (Wildman–Crippen LogP) is 3.53. The fourth-order valence-electron chi connectivity index (χ4n) is 1.54. The van der Waals surface area contributed by atoms with Crippen molar-refractivity contribution in [1.82, 2.24) is 10.2 Å². The lowest BCUT2D eigenvalue weighted by atomic mass is 10.1. The number of halogens is 1. The smallest absolute Gasteiger partial charge is 0.317 e. The molecule has 18 heavy (non-hydrogen) atoms. The first kappa shape index (κ1) is 14.8. The molecule has 1 aromatic rings. The van der Waals surface area contributed by atoms with Crippen molar-refractivity contribution in [2.45, 2.75) is 26.8 Å². The molecule has 4 heteroatoms. The third kappa shape index (κ3) is 5.41. The first-order valence-corrected chi connectivity index (χ1v) is 6.60. The zero-order valence-corrected chi connectivity index (χ0v) is 12.0. The summed E-state index contributed by atoms with van der Waals surface area (Å²) < 4.78 is 0. The van der Waals surface area contributed by atoms with E-state index in [1.54, 1.807) is 11.9 Å². The Labute approximate surface area is 114 Å². The van der Waals surface area contributed by atoms with Crippen LogP contribution in [0.25, 0.3) is 0 Å². The Morgan fingerprint density at radius 3 is 2.50 bits per heavy atom. The van der Waals surface area contributed by atoms with Gasteiger partial charge in [0.05, 0.1) is 0 Å². The van der Waals surface area contributed by atoms with Gasteiger partial charge < -0.3 is 10.2 Å². The van der Waals surface area contributed by atoms with Crippen molar-refractivity contribution >= 4 is 17.6 Å². The minimum Gasteiger partial charge on any atom is -0.338 e. The average Bonchev–Trinajstić information content (AvgIpc) is 2.31. The Morgan fingerprint density at radius 1 is 1.33 bits per heavy atom. The molecule has 0 saturated heterocycles. The predicted molar refractivity (Wildman–Crippen MR) is 75.8 cm³/mol. The van der Waals surface area contributed by atoms with Gasteiger partial charge in [-0.3, -0.25) is 0 Å². The van der Waals surface area contributed by atoms with Gasteiger partial charge in [0.25, 0.3) is 0 Å². The van der Waals surface area contributed by atoms with Crippen LogP contribution in [-0.4, -0.2) is 24.5 Å². The number of hydrogen-bond acceptors (Lipinski definition) is 1. The molecule has 0 unspecified atom stereocenters. The van der Waals surface area contributed by atoms with Gasteiger partial charge in [-0.1, -0.05) is 37.6 Å². The van der Waals surface area contributed by atoms with E-state index >= 15 is 0 Å². The zero-order chi connectivity index (χ0) is 13.5. The maximum absolute atomic E-state index is 11.8. The molecule has 0 atom stereocenters. The summed E-state index contributed by atoms with van der Waals surface area (Å²) in [5, 5.41) is 3.62. The Balaban J connectivity index is 2.37. The molecule has 1 rings (SSSR count). The number of rotatable bonds is 5. The lowest BCUT2D eigenvalue weighted by Gasteiger charge is -2.18. The molecular formula is C14H21ClN2O. The maximum Gasteiger partial charge on any atom is 0.317 e. The minimum atomic E-state index is -0.0365. The summed E-state index contributed by atoms with van der Waals surface area (Å²) in [5.74, 6) is 0.604. The van der Waals surface area contributed by atoms with Crippen molar-refractivity contribution in [3.8, 4) is 0 Å². The Morgan fingerprint density at radius 2 is 1.94 bits per heavy atom. The van der Waals surface area contributed by atoms with Crippen molar-refractivity contribution in [1.29, 1.82) is 0 Å². The van der Waals surface area contributed by atoms with Crippen molar-refractivity contribution in [3.05, 3.63) is 34.9 Å². The van der Waals surface area contributed by atoms with Gasteiger partial charge in [-0.25, -0.2) is 4.79 Å². The molecule has 0 fully saturated rings. The Kier molecular flexibility index (Phi) is 5.99. The van der Waals surface area contributed by atoms with Gasteiger partial charge in [-0.05, 0) is 30.0 Å². The van der Waals surface area contributed by atoms with E-state index in [0.29, 0.717) is 17.5 Å². The van der Waals surface area contributed by atoms with Crippen molar-refractivity contribution in [3.63, 3.8) is 0 Å². The van der Waals surface area contributed by atoms with E-state index < -0.39 is 0 Å². The molecule has 0 aromatic heterocycles. The number of nitrogens with one attached hydrogen (secondary N) is 1. The summed E-state index contributed by atoms with van der Waals surface area (Å²) in [6.07, 6.45) is 1.00. The number of nitrogens with zero attached hydrogens (tertiary/aromatic N) is 1. The van der Waals surface area contributed by atoms with Gasteiger partial charge in [-0.2, -0.15) is 0 Å².